The van der Waals surface area contributed by atoms with Crippen molar-refractivity contribution in [1.82, 2.24) is 0 Å². The molecular formula is C5H13N3OS. The average Bonchev–Trinajstić information content (AvgIpc) is 1.85. The number of hydrogen-bond acceptors (Lipinski definition) is 3. The molecule has 0 bridgehead atoms. The average molecular weight is 163 g/mol. The standard InChI is InChI=1S/C5H13N3OS/c1-4(10-3-9)2-8-5(6)7/h4,9H,2-3H2,1H3,(H4,6,7,8). The van der Waals surface area contributed by atoms with Gasteiger partial charge in [0, 0.05) is 5.25 Å². The molecule has 0 aromatic carbocycles. The Balaban J connectivity index is 3.38. The summed E-state index contributed by atoms with van der Waals surface area (Å²) in [5.74, 6) is 0.214. The third-order valence-electron chi connectivity index (χ3n) is 0.890. The monoisotopic (exact) mass is 163 g/mol. The van der Waals surface area contributed by atoms with Gasteiger partial charge in [-0.1, -0.05) is 6.92 Å². The Morgan fingerprint density at radius 2 is 2.30 bits per heavy atom. The van der Waals surface area contributed by atoms with Gasteiger partial charge in [0.1, 0.15) is 0 Å². The third-order valence-corrected chi connectivity index (χ3v) is 1.76. The first-order chi connectivity index (χ1) is 4.66. The van der Waals surface area contributed by atoms with Crippen molar-refractivity contribution in [1.29, 1.82) is 0 Å². The Hall–Kier alpha value is -0.420. The lowest BCUT2D eigenvalue weighted by atomic mass is 10.5. The van der Waals surface area contributed by atoms with Gasteiger partial charge < -0.3 is 16.6 Å². The van der Waals surface area contributed by atoms with E-state index < -0.39 is 0 Å². The zero-order chi connectivity index (χ0) is 7.98. The molecule has 10 heavy (non-hydrogen) atoms. The van der Waals surface area contributed by atoms with Crippen LogP contribution in [0.5, 0.6) is 0 Å². The van der Waals surface area contributed by atoms with Crippen LogP contribution in [0.25, 0.3) is 0 Å². The molecule has 0 amide bonds. The number of nitrogens with zero attached hydrogens (tertiary/aromatic N) is 1. The first-order valence-corrected chi connectivity index (χ1v) is 3.99. The highest BCUT2D eigenvalue weighted by Gasteiger charge is 1.98. The highest BCUT2D eigenvalue weighted by atomic mass is 32.2. The first-order valence-electron chi connectivity index (χ1n) is 2.94. The largest absolute Gasteiger partial charge is 0.386 e. The molecule has 4 nitrogen and oxygen atoms in total. The molecule has 5 N–H and O–H groups in total. The third kappa shape index (κ3) is 5.71. The number of aliphatic hydroxyl groups is 1. The Labute approximate surface area is 64.7 Å². The number of thioether (sulfide) groups is 1. The molecule has 0 saturated carbocycles. The van der Waals surface area contributed by atoms with Gasteiger partial charge in [-0.2, -0.15) is 0 Å². The van der Waals surface area contributed by atoms with Crippen molar-refractivity contribution in [2.24, 2.45) is 16.5 Å². The van der Waals surface area contributed by atoms with Gasteiger partial charge in [-0.25, -0.2) is 0 Å². The molecule has 1 atom stereocenters. The molecule has 0 aliphatic carbocycles. The Morgan fingerprint density at radius 3 is 2.70 bits per heavy atom. The van der Waals surface area contributed by atoms with E-state index in [1.54, 1.807) is 0 Å². The lowest BCUT2D eigenvalue weighted by Crippen LogP contribution is -2.24. The van der Waals surface area contributed by atoms with Crippen molar-refractivity contribution in [3.8, 4) is 0 Å². The summed E-state index contributed by atoms with van der Waals surface area (Å²) >= 11 is 1.41. The summed E-state index contributed by atoms with van der Waals surface area (Å²) in [5, 5.41) is 8.72. The summed E-state index contributed by atoms with van der Waals surface area (Å²) < 4.78 is 0. The van der Waals surface area contributed by atoms with E-state index in [2.05, 4.69) is 4.99 Å². The number of nitrogens with two attached hydrogens (primary N) is 2. The molecule has 0 heterocycles. The van der Waals surface area contributed by atoms with Crippen LogP contribution in [0.1, 0.15) is 6.92 Å². The Bertz CT molecular complexity index is 113. The van der Waals surface area contributed by atoms with Crippen LogP contribution in [0.4, 0.5) is 0 Å². The summed E-state index contributed by atoms with van der Waals surface area (Å²) in [7, 11) is 0. The maximum Gasteiger partial charge on any atom is 0.185 e. The zero-order valence-corrected chi connectivity index (χ0v) is 6.77. The smallest absolute Gasteiger partial charge is 0.185 e. The lowest BCUT2D eigenvalue weighted by Gasteiger charge is -2.04. The molecule has 60 valence electrons. The Morgan fingerprint density at radius 1 is 1.70 bits per heavy atom. The summed E-state index contributed by atoms with van der Waals surface area (Å²) in [6.45, 7) is 2.51. The predicted octanol–water partition coefficient (Wildman–Crippen LogP) is -0.669. The van der Waals surface area contributed by atoms with Gasteiger partial charge in [0.25, 0.3) is 0 Å². The van der Waals surface area contributed by atoms with Crippen LogP contribution in [-0.4, -0.2) is 28.8 Å². The molecule has 0 aliphatic rings. The topological polar surface area (TPSA) is 84.6 Å². The van der Waals surface area contributed by atoms with Crippen LogP contribution in [0.3, 0.4) is 0 Å². The van der Waals surface area contributed by atoms with Gasteiger partial charge in [-0.3, -0.25) is 4.99 Å². The van der Waals surface area contributed by atoms with E-state index in [1.807, 2.05) is 6.92 Å². The number of guanidine groups is 1. The van der Waals surface area contributed by atoms with Crippen molar-refractivity contribution in [3.63, 3.8) is 0 Å². The molecule has 0 fully saturated rings. The number of aliphatic imine (C=N–C) groups is 1. The van der Waals surface area contributed by atoms with Crippen molar-refractivity contribution in [3.05, 3.63) is 0 Å². The van der Waals surface area contributed by atoms with E-state index in [0.29, 0.717) is 6.54 Å². The summed E-state index contributed by atoms with van der Waals surface area (Å²) in [6.07, 6.45) is 0. The van der Waals surface area contributed by atoms with E-state index in [0.717, 1.165) is 0 Å². The predicted molar refractivity (Wildman–Crippen MR) is 44.8 cm³/mol. The SMILES string of the molecule is CC(CN=C(N)N)SCO. The molecule has 0 saturated heterocycles. The van der Waals surface area contributed by atoms with E-state index in [9.17, 15) is 0 Å². The van der Waals surface area contributed by atoms with Gasteiger partial charge in [0.15, 0.2) is 5.96 Å². The second-order valence-corrected chi connectivity index (χ2v) is 3.27. The minimum absolute atomic E-state index is 0.102. The molecule has 0 spiro atoms. The van der Waals surface area contributed by atoms with E-state index >= 15 is 0 Å². The summed E-state index contributed by atoms with van der Waals surface area (Å²) in [4.78, 5) is 3.78. The van der Waals surface area contributed by atoms with Crippen LogP contribution < -0.4 is 11.5 Å². The van der Waals surface area contributed by atoms with E-state index in [4.69, 9.17) is 16.6 Å². The molecule has 0 aromatic rings. The fourth-order valence-electron chi connectivity index (χ4n) is 0.414. The summed E-state index contributed by atoms with van der Waals surface area (Å²) in [5.41, 5.74) is 10.2. The van der Waals surface area contributed by atoms with Gasteiger partial charge >= 0.3 is 0 Å². The molecule has 1 unspecified atom stereocenters. The first kappa shape index (κ1) is 9.58. The highest BCUT2D eigenvalue weighted by molar-refractivity contribution is 7.99. The van der Waals surface area contributed by atoms with Crippen molar-refractivity contribution in [2.75, 3.05) is 12.5 Å². The van der Waals surface area contributed by atoms with Crippen LogP contribution in [0.15, 0.2) is 4.99 Å². The lowest BCUT2D eigenvalue weighted by molar-refractivity contribution is 0.374. The number of aliphatic hydroxyl groups excluding tert-OH is 1. The zero-order valence-electron chi connectivity index (χ0n) is 5.95. The number of rotatable bonds is 4. The second kappa shape index (κ2) is 5.37. The molecule has 5 heteroatoms. The van der Waals surface area contributed by atoms with E-state index in [1.165, 1.54) is 11.8 Å². The van der Waals surface area contributed by atoms with Crippen LogP contribution in [-0.2, 0) is 0 Å². The van der Waals surface area contributed by atoms with Crippen molar-refractivity contribution < 1.29 is 5.11 Å². The quantitative estimate of drug-likeness (QED) is 0.291. The van der Waals surface area contributed by atoms with Crippen LogP contribution >= 0.6 is 11.8 Å². The van der Waals surface area contributed by atoms with Crippen LogP contribution in [0, 0.1) is 0 Å². The molecular weight excluding hydrogens is 150 g/mol. The minimum atomic E-state index is 0.102. The van der Waals surface area contributed by atoms with E-state index in [-0.39, 0.29) is 17.1 Å². The minimum Gasteiger partial charge on any atom is -0.386 e. The summed E-state index contributed by atoms with van der Waals surface area (Å²) in [6, 6.07) is 0. The molecule has 0 aromatic heterocycles. The van der Waals surface area contributed by atoms with Crippen molar-refractivity contribution >= 4 is 17.7 Å². The van der Waals surface area contributed by atoms with Gasteiger partial charge in [0.2, 0.25) is 0 Å². The maximum absolute atomic E-state index is 8.45. The second-order valence-electron chi connectivity index (χ2n) is 1.87. The molecule has 0 rings (SSSR count). The van der Waals surface area contributed by atoms with Gasteiger partial charge in [0.05, 0.1) is 12.5 Å². The fraction of sp³-hybridized carbons (Fsp3) is 0.800. The van der Waals surface area contributed by atoms with Crippen LogP contribution in [0.2, 0.25) is 0 Å². The van der Waals surface area contributed by atoms with Crippen molar-refractivity contribution in [2.45, 2.75) is 12.2 Å². The fourth-order valence-corrected chi connectivity index (χ4v) is 0.848. The molecule has 0 aliphatic heterocycles. The normalized spacial score (nSPS) is 12.6. The Kier molecular flexibility index (Phi) is 5.15. The number of hydrogen-bond donors (Lipinski definition) is 3. The molecule has 0 radical (unpaired) electrons. The highest BCUT2D eigenvalue weighted by Crippen LogP contribution is 2.07. The maximum atomic E-state index is 8.45. The van der Waals surface area contributed by atoms with Gasteiger partial charge in [-0.15, -0.1) is 11.8 Å². The van der Waals surface area contributed by atoms with Gasteiger partial charge in [-0.05, 0) is 0 Å².